The first-order valence-electron chi connectivity index (χ1n) is 4.83. The molecular weight excluding hydrogens is 172 g/mol. The lowest BCUT2D eigenvalue weighted by Gasteiger charge is -2.22. The number of rotatable bonds is 1. The summed E-state index contributed by atoms with van der Waals surface area (Å²) in [5, 5.41) is 9.92. The smallest absolute Gasteiger partial charge is 0.122 e. The lowest BCUT2D eigenvalue weighted by atomic mass is 9.84. The molecule has 0 aromatic heterocycles. The molecule has 1 N–H and O–H groups in total. The zero-order valence-corrected chi connectivity index (χ0v) is 9.39. The van der Waals surface area contributed by atoms with Crippen molar-refractivity contribution < 1.29 is 5.11 Å². The number of aromatic hydroxyl groups is 1. The van der Waals surface area contributed by atoms with Gasteiger partial charge >= 0.3 is 0 Å². The summed E-state index contributed by atoms with van der Waals surface area (Å²) < 4.78 is 0. The van der Waals surface area contributed by atoms with Crippen LogP contribution >= 0.6 is 0 Å². The van der Waals surface area contributed by atoms with Crippen LogP contribution in [0.5, 0.6) is 5.75 Å². The Bertz CT molecular complexity index is 356. The van der Waals surface area contributed by atoms with Crippen molar-refractivity contribution in [1.29, 1.82) is 0 Å². The molecule has 0 amide bonds. The minimum atomic E-state index is -0.0339. The third-order valence-electron chi connectivity index (χ3n) is 2.37. The van der Waals surface area contributed by atoms with Gasteiger partial charge in [-0.3, -0.25) is 0 Å². The Morgan fingerprint density at radius 3 is 2.29 bits per heavy atom. The summed E-state index contributed by atoms with van der Waals surface area (Å²) in [5.74, 6) is 0.406. The highest BCUT2D eigenvalue weighted by molar-refractivity contribution is 5.56. The normalized spacial score (nSPS) is 11.4. The van der Waals surface area contributed by atoms with E-state index in [1.54, 1.807) is 0 Å². The first kappa shape index (κ1) is 10.8. The summed E-state index contributed by atoms with van der Waals surface area (Å²) >= 11 is 0. The molecule has 1 aromatic carbocycles. The SMILES string of the molecule is C=Cc1cc(C)c(O)c(C(C)(C)C)c1. The summed E-state index contributed by atoms with van der Waals surface area (Å²) in [5.41, 5.74) is 2.92. The molecule has 1 rings (SSSR count). The number of aryl methyl sites for hydroxylation is 1. The summed E-state index contributed by atoms with van der Waals surface area (Å²) in [6, 6.07) is 3.94. The van der Waals surface area contributed by atoms with E-state index in [-0.39, 0.29) is 5.41 Å². The highest BCUT2D eigenvalue weighted by Crippen LogP contribution is 2.34. The molecule has 0 saturated heterocycles. The first-order valence-corrected chi connectivity index (χ1v) is 4.83. The van der Waals surface area contributed by atoms with E-state index in [0.717, 1.165) is 16.7 Å². The predicted molar refractivity (Wildman–Crippen MR) is 61.6 cm³/mol. The van der Waals surface area contributed by atoms with E-state index in [2.05, 4.69) is 27.4 Å². The summed E-state index contributed by atoms with van der Waals surface area (Å²) in [6.07, 6.45) is 1.81. The van der Waals surface area contributed by atoms with Crippen LogP contribution in [-0.4, -0.2) is 5.11 Å². The molecule has 0 unspecified atom stereocenters. The molecule has 76 valence electrons. The van der Waals surface area contributed by atoms with Crippen molar-refractivity contribution in [2.75, 3.05) is 0 Å². The Kier molecular flexibility index (Phi) is 2.70. The Morgan fingerprint density at radius 2 is 1.86 bits per heavy atom. The number of benzene rings is 1. The van der Waals surface area contributed by atoms with Gasteiger partial charge in [-0.2, -0.15) is 0 Å². The molecule has 0 atom stereocenters. The molecule has 0 aliphatic carbocycles. The van der Waals surface area contributed by atoms with Gasteiger partial charge in [-0.1, -0.05) is 33.4 Å². The largest absolute Gasteiger partial charge is 0.507 e. The molecule has 0 radical (unpaired) electrons. The maximum Gasteiger partial charge on any atom is 0.122 e. The van der Waals surface area contributed by atoms with Crippen LogP contribution in [0.4, 0.5) is 0 Å². The second kappa shape index (κ2) is 3.49. The molecule has 0 aliphatic heterocycles. The molecule has 0 bridgehead atoms. The van der Waals surface area contributed by atoms with Gasteiger partial charge < -0.3 is 5.11 Å². The first-order chi connectivity index (χ1) is 6.36. The Balaban J connectivity index is 3.42. The van der Waals surface area contributed by atoms with Crippen LogP contribution in [0.2, 0.25) is 0 Å². The van der Waals surface area contributed by atoms with Gasteiger partial charge in [-0.15, -0.1) is 0 Å². The fourth-order valence-electron chi connectivity index (χ4n) is 1.50. The van der Waals surface area contributed by atoms with E-state index in [1.165, 1.54) is 0 Å². The van der Waals surface area contributed by atoms with E-state index in [9.17, 15) is 5.11 Å². The second-order valence-electron chi connectivity index (χ2n) is 4.69. The average Bonchev–Trinajstić information content (AvgIpc) is 2.07. The Labute approximate surface area is 86.1 Å². The zero-order valence-electron chi connectivity index (χ0n) is 9.39. The number of hydrogen-bond acceptors (Lipinski definition) is 1. The van der Waals surface area contributed by atoms with Crippen LogP contribution in [0.25, 0.3) is 6.08 Å². The lowest BCUT2D eigenvalue weighted by molar-refractivity contribution is 0.443. The van der Waals surface area contributed by atoms with Crippen LogP contribution in [0, 0.1) is 6.92 Å². The van der Waals surface area contributed by atoms with Gasteiger partial charge in [0.05, 0.1) is 0 Å². The fourth-order valence-corrected chi connectivity index (χ4v) is 1.50. The highest BCUT2D eigenvalue weighted by atomic mass is 16.3. The summed E-state index contributed by atoms with van der Waals surface area (Å²) in [4.78, 5) is 0. The van der Waals surface area contributed by atoms with E-state index in [1.807, 2.05) is 25.1 Å². The van der Waals surface area contributed by atoms with Gasteiger partial charge in [-0.05, 0) is 35.6 Å². The van der Waals surface area contributed by atoms with Crippen molar-refractivity contribution in [3.8, 4) is 5.75 Å². The molecule has 0 aliphatic rings. The van der Waals surface area contributed by atoms with Crippen LogP contribution in [0.1, 0.15) is 37.5 Å². The quantitative estimate of drug-likeness (QED) is 0.716. The number of hydrogen-bond donors (Lipinski definition) is 1. The Morgan fingerprint density at radius 1 is 1.29 bits per heavy atom. The van der Waals surface area contributed by atoms with E-state index in [4.69, 9.17) is 0 Å². The minimum absolute atomic E-state index is 0.0339. The number of phenols is 1. The van der Waals surface area contributed by atoms with Crippen molar-refractivity contribution in [2.24, 2.45) is 0 Å². The molecule has 14 heavy (non-hydrogen) atoms. The monoisotopic (exact) mass is 190 g/mol. The van der Waals surface area contributed by atoms with E-state index >= 15 is 0 Å². The molecule has 0 spiro atoms. The molecular formula is C13H18O. The summed E-state index contributed by atoms with van der Waals surface area (Å²) in [6.45, 7) is 11.9. The molecule has 1 aromatic rings. The summed E-state index contributed by atoms with van der Waals surface area (Å²) in [7, 11) is 0. The van der Waals surface area contributed by atoms with Gasteiger partial charge in [0.15, 0.2) is 0 Å². The third-order valence-corrected chi connectivity index (χ3v) is 2.37. The standard InChI is InChI=1S/C13H18O/c1-6-10-7-9(2)12(14)11(8-10)13(3,4)5/h6-8,14H,1H2,2-5H3. The molecule has 0 heterocycles. The van der Waals surface area contributed by atoms with Crippen molar-refractivity contribution in [3.05, 3.63) is 35.4 Å². The average molecular weight is 190 g/mol. The van der Waals surface area contributed by atoms with Crippen LogP contribution in [0.3, 0.4) is 0 Å². The van der Waals surface area contributed by atoms with Crippen molar-refractivity contribution in [1.82, 2.24) is 0 Å². The third kappa shape index (κ3) is 1.98. The molecule has 1 nitrogen and oxygen atoms in total. The Hall–Kier alpha value is -1.24. The maximum absolute atomic E-state index is 9.92. The predicted octanol–water partition coefficient (Wildman–Crippen LogP) is 3.64. The van der Waals surface area contributed by atoms with Crippen molar-refractivity contribution in [2.45, 2.75) is 33.1 Å². The minimum Gasteiger partial charge on any atom is -0.507 e. The van der Waals surface area contributed by atoms with Crippen LogP contribution in [0.15, 0.2) is 18.7 Å². The number of phenolic OH excluding ortho intramolecular Hbond substituents is 1. The van der Waals surface area contributed by atoms with Crippen LogP contribution < -0.4 is 0 Å². The molecule has 0 saturated carbocycles. The van der Waals surface area contributed by atoms with Crippen molar-refractivity contribution in [3.63, 3.8) is 0 Å². The van der Waals surface area contributed by atoms with E-state index < -0.39 is 0 Å². The van der Waals surface area contributed by atoms with Gasteiger partial charge in [0.1, 0.15) is 5.75 Å². The maximum atomic E-state index is 9.92. The molecule has 1 heteroatoms. The van der Waals surface area contributed by atoms with Gasteiger partial charge in [0.2, 0.25) is 0 Å². The van der Waals surface area contributed by atoms with Crippen molar-refractivity contribution >= 4 is 6.08 Å². The topological polar surface area (TPSA) is 20.2 Å². The van der Waals surface area contributed by atoms with Gasteiger partial charge in [-0.25, -0.2) is 0 Å². The van der Waals surface area contributed by atoms with E-state index in [0.29, 0.717) is 5.75 Å². The van der Waals surface area contributed by atoms with Gasteiger partial charge in [0, 0.05) is 5.56 Å². The highest BCUT2D eigenvalue weighted by Gasteiger charge is 2.19. The second-order valence-corrected chi connectivity index (χ2v) is 4.69. The van der Waals surface area contributed by atoms with Gasteiger partial charge in [0.25, 0.3) is 0 Å². The fraction of sp³-hybridized carbons (Fsp3) is 0.385. The lowest BCUT2D eigenvalue weighted by Crippen LogP contribution is -2.12. The zero-order chi connectivity index (χ0) is 10.9. The molecule has 0 fully saturated rings. The van der Waals surface area contributed by atoms with Crippen LogP contribution in [-0.2, 0) is 5.41 Å².